The number of hydrogen-bond donors (Lipinski definition) is 0. The lowest BCUT2D eigenvalue weighted by Crippen LogP contribution is -2.35. The maximum atomic E-state index is 11.3. The smallest absolute Gasteiger partial charge is 0.409 e. The number of carbonyl (C=O) groups is 2. The second-order valence-electron chi connectivity index (χ2n) is 4.27. The van der Waals surface area contributed by atoms with Crippen LogP contribution < -0.4 is 0 Å². The van der Waals surface area contributed by atoms with Gasteiger partial charge >= 0.3 is 12.2 Å². The fraction of sp³-hybridized carbons (Fsp3) is 0.800. The Hall–Kier alpha value is -1.46. The molecule has 0 spiro atoms. The SMILES string of the molecule is COC(=O)N1CC2CN(C(=O)OC)CC2C1. The topological polar surface area (TPSA) is 59.1 Å². The van der Waals surface area contributed by atoms with E-state index in [1.54, 1.807) is 9.80 Å². The summed E-state index contributed by atoms with van der Waals surface area (Å²) in [5.41, 5.74) is 0. The molecule has 2 amide bonds. The van der Waals surface area contributed by atoms with E-state index in [-0.39, 0.29) is 12.2 Å². The number of nitrogens with zero attached hydrogens (tertiary/aromatic N) is 2. The number of carbonyl (C=O) groups excluding carboxylic acids is 2. The number of likely N-dealkylation sites (tertiary alicyclic amines) is 2. The Morgan fingerprint density at radius 3 is 1.44 bits per heavy atom. The van der Waals surface area contributed by atoms with Crippen molar-refractivity contribution >= 4 is 12.2 Å². The third-order valence-corrected chi connectivity index (χ3v) is 3.35. The lowest BCUT2D eigenvalue weighted by Gasteiger charge is -2.19. The van der Waals surface area contributed by atoms with Gasteiger partial charge in [0.15, 0.2) is 0 Å². The van der Waals surface area contributed by atoms with Crippen molar-refractivity contribution in [2.45, 2.75) is 0 Å². The van der Waals surface area contributed by atoms with Crippen LogP contribution in [0.5, 0.6) is 0 Å². The van der Waals surface area contributed by atoms with Crippen molar-refractivity contribution in [2.75, 3.05) is 40.4 Å². The molecule has 0 aromatic rings. The largest absolute Gasteiger partial charge is 0.453 e. The highest BCUT2D eigenvalue weighted by molar-refractivity contribution is 5.69. The van der Waals surface area contributed by atoms with Crippen LogP contribution in [0.1, 0.15) is 0 Å². The van der Waals surface area contributed by atoms with Gasteiger partial charge in [0.1, 0.15) is 0 Å². The van der Waals surface area contributed by atoms with Crippen molar-refractivity contribution in [1.82, 2.24) is 9.80 Å². The lowest BCUT2D eigenvalue weighted by molar-refractivity contribution is 0.119. The highest BCUT2D eigenvalue weighted by Gasteiger charge is 2.43. The first-order valence-electron chi connectivity index (χ1n) is 5.31. The summed E-state index contributed by atoms with van der Waals surface area (Å²) >= 11 is 0. The lowest BCUT2D eigenvalue weighted by atomic mass is 10.0. The van der Waals surface area contributed by atoms with Crippen molar-refractivity contribution < 1.29 is 19.1 Å². The summed E-state index contributed by atoms with van der Waals surface area (Å²) < 4.78 is 9.35. The Kier molecular flexibility index (Phi) is 2.89. The van der Waals surface area contributed by atoms with Gasteiger partial charge in [0.25, 0.3) is 0 Å². The Morgan fingerprint density at radius 1 is 0.875 bits per heavy atom. The molecule has 90 valence electrons. The van der Waals surface area contributed by atoms with E-state index in [9.17, 15) is 9.59 Å². The molecule has 6 nitrogen and oxygen atoms in total. The molecule has 0 unspecified atom stereocenters. The van der Waals surface area contributed by atoms with E-state index in [1.165, 1.54) is 14.2 Å². The van der Waals surface area contributed by atoms with E-state index in [0.29, 0.717) is 38.0 Å². The van der Waals surface area contributed by atoms with Crippen LogP contribution in [-0.2, 0) is 9.47 Å². The van der Waals surface area contributed by atoms with Crippen molar-refractivity contribution in [1.29, 1.82) is 0 Å². The van der Waals surface area contributed by atoms with Crippen LogP contribution in [0.15, 0.2) is 0 Å². The molecule has 0 N–H and O–H groups in total. The summed E-state index contributed by atoms with van der Waals surface area (Å²) in [6, 6.07) is 0. The fourth-order valence-corrected chi connectivity index (χ4v) is 2.55. The van der Waals surface area contributed by atoms with E-state index in [4.69, 9.17) is 0 Å². The van der Waals surface area contributed by atoms with Gasteiger partial charge in [-0.2, -0.15) is 0 Å². The molecule has 16 heavy (non-hydrogen) atoms. The molecule has 2 fully saturated rings. The minimum atomic E-state index is -0.279. The van der Waals surface area contributed by atoms with Gasteiger partial charge in [-0.05, 0) is 0 Å². The zero-order valence-corrected chi connectivity index (χ0v) is 9.51. The van der Waals surface area contributed by atoms with Gasteiger partial charge in [-0.1, -0.05) is 0 Å². The molecule has 2 aliphatic rings. The highest BCUT2D eigenvalue weighted by Crippen LogP contribution is 2.31. The predicted octanol–water partition coefficient (Wildman–Crippen LogP) is 0.383. The molecule has 0 radical (unpaired) electrons. The van der Waals surface area contributed by atoms with Crippen molar-refractivity contribution in [3.05, 3.63) is 0 Å². The van der Waals surface area contributed by atoms with Crippen LogP contribution in [0, 0.1) is 11.8 Å². The predicted molar refractivity (Wildman–Crippen MR) is 54.9 cm³/mol. The summed E-state index contributed by atoms with van der Waals surface area (Å²) in [4.78, 5) is 26.0. The molecule has 2 heterocycles. The van der Waals surface area contributed by atoms with Crippen LogP contribution in [0.2, 0.25) is 0 Å². The number of ether oxygens (including phenoxy) is 2. The number of fused-ring (bicyclic) bond motifs is 1. The number of amides is 2. The van der Waals surface area contributed by atoms with Crippen LogP contribution in [0.3, 0.4) is 0 Å². The Labute approximate surface area is 94.1 Å². The average Bonchev–Trinajstić information content (AvgIpc) is 2.84. The molecule has 0 saturated carbocycles. The van der Waals surface area contributed by atoms with Crippen molar-refractivity contribution in [3.8, 4) is 0 Å². The number of hydrogen-bond acceptors (Lipinski definition) is 4. The molecule has 2 aliphatic heterocycles. The minimum absolute atomic E-state index is 0.279. The van der Waals surface area contributed by atoms with E-state index >= 15 is 0 Å². The quantitative estimate of drug-likeness (QED) is 0.601. The monoisotopic (exact) mass is 228 g/mol. The van der Waals surface area contributed by atoms with Crippen LogP contribution in [0.4, 0.5) is 9.59 Å². The zero-order valence-electron chi connectivity index (χ0n) is 9.51. The number of methoxy groups -OCH3 is 2. The van der Waals surface area contributed by atoms with E-state index < -0.39 is 0 Å². The normalized spacial score (nSPS) is 27.9. The average molecular weight is 228 g/mol. The van der Waals surface area contributed by atoms with Gasteiger partial charge in [-0.3, -0.25) is 0 Å². The van der Waals surface area contributed by atoms with Gasteiger partial charge in [0, 0.05) is 38.0 Å². The highest BCUT2D eigenvalue weighted by atomic mass is 16.5. The molecule has 0 aliphatic carbocycles. The first-order chi connectivity index (χ1) is 7.65. The summed E-state index contributed by atoms with van der Waals surface area (Å²) in [7, 11) is 2.77. The Balaban J connectivity index is 1.91. The fourth-order valence-electron chi connectivity index (χ4n) is 2.55. The second-order valence-corrected chi connectivity index (χ2v) is 4.27. The molecule has 6 heteroatoms. The van der Waals surface area contributed by atoms with Gasteiger partial charge in [-0.15, -0.1) is 0 Å². The molecule has 0 atom stereocenters. The summed E-state index contributed by atoms with van der Waals surface area (Å²) in [5, 5.41) is 0. The summed E-state index contributed by atoms with van der Waals surface area (Å²) in [6.07, 6.45) is -0.557. The van der Waals surface area contributed by atoms with Gasteiger partial charge < -0.3 is 19.3 Å². The van der Waals surface area contributed by atoms with Crippen molar-refractivity contribution in [3.63, 3.8) is 0 Å². The summed E-state index contributed by atoms with van der Waals surface area (Å²) in [5.74, 6) is 0.719. The molecular formula is C10H16N2O4. The van der Waals surface area contributed by atoms with Crippen molar-refractivity contribution in [2.24, 2.45) is 11.8 Å². The van der Waals surface area contributed by atoms with E-state index in [1.807, 2.05) is 0 Å². The zero-order chi connectivity index (χ0) is 11.7. The maximum Gasteiger partial charge on any atom is 0.409 e. The van der Waals surface area contributed by atoms with Crippen LogP contribution in [-0.4, -0.2) is 62.4 Å². The summed E-state index contributed by atoms with van der Waals surface area (Å²) in [6.45, 7) is 2.69. The Morgan fingerprint density at radius 2 is 1.19 bits per heavy atom. The third-order valence-electron chi connectivity index (χ3n) is 3.35. The molecule has 0 bridgehead atoms. The van der Waals surface area contributed by atoms with Gasteiger partial charge in [-0.25, -0.2) is 9.59 Å². The van der Waals surface area contributed by atoms with Gasteiger partial charge in [0.05, 0.1) is 14.2 Å². The molecule has 2 rings (SSSR count). The maximum absolute atomic E-state index is 11.3. The first kappa shape index (κ1) is 11.0. The van der Waals surface area contributed by atoms with Crippen LogP contribution >= 0.6 is 0 Å². The molecule has 0 aromatic heterocycles. The second kappa shape index (κ2) is 4.19. The molecule has 0 aromatic carbocycles. The minimum Gasteiger partial charge on any atom is -0.453 e. The number of rotatable bonds is 0. The first-order valence-corrected chi connectivity index (χ1v) is 5.31. The van der Waals surface area contributed by atoms with E-state index in [0.717, 1.165) is 0 Å². The standard InChI is InChI=1S/C10H16N2O4/c1-15-9(13)11-3-7-5-12(10(14)16-2)6-8(7)4-11/h7-8H,3-6H2,1-2H3. The molecule has 2 saturated heterocycles. The van der Waals surface area contributed by atoms with Gasteiger partial charge in [0.2, 0.25) is 0 Å². The molecular weight excluding hydrogens is 212 g/mol. The van der Waals surface area contributed by atoms with E-state index in [2.05, 4.69) is 9.47 Å². The third kappa shape index (κ3) is 1.79. The van der Waals surface area contributed by atoms with Crippen LogP contribution in [0.25, 0.3) is 0 Å². The Bertz CT molecular complexity index is 265.